The molecular weight excluding hydrogens is 680 g/mol. The van der Waals surface area contributed by atoms with E-state index in [0.29, 0.717) is 17.5 Å². The van der Waals surface area contributed by atoms with E-state index in [9.17, 15) is 43.8 Å². The number of phenolic OH excluding ortho intramolecular Hbond substituents is 1. The number of fused-ring (bicyclic) bond motifs is 1. The average molecular weight is 725 g/mol. The summed E-state index contributed by atoms with van der Waals surface area (Å²) >= 11 is 0. The van der Waals surface area contributed by atoms with Gasteiger partial charge in [-0.1, -0.05) is 50.6 Å². The Labute approximate surface area is 298 Å². The van der Waals surface area contributed by atoms with E-state index in [4.69, 9.17) is 15.9 Å². The Kier molecular flexibility index (Phi) is 14.7. The van der Waals surface area contributed by atoms with Crippen molar-refractivity contribution < 1.29 is 54.0 Å². The second-order valence-electron chi connectivity index (χ2n) is 12.5. The molecule has 11 N–H and O–H groups in total. The van der Waals surface area contributed by atoms with Crippen LogP contribution in [0.2, 0.25) is 0 Å². The van der Waals surface area contributed by atoms with Crippen LogP contribution in [0.1, 0.15) is 50.7 Å². The van der Waals surface area contributed by atoms with E-state index < -0.39 is 96.9 Å². The fraction of sp³-hybridized carbons (Fsp3) is 0.400. The number of phenols is 1. The number of nitrogens with two attached hydrogens (primary N) is 1. The maximum absolute atomic E-state index is 14.1. The Balaban J connectivity index is 1.96. The van der Waals surface area contributed by atoms with Gasteiger partial charge < -0.3 is 52.4 Å². The Hall–Kier alpha value is -5.97. The summed E-state index contributed by atoms with van der Waals surface area (Å²) in [5, 5.41) is 48.2. The molecule has 0 aliphatic carbocycles. The Morgan fingerprint density at radius 1 is 0.750 bits per heavy atom. The lowest BCUT2D eigenvalue weighted by Gasteiger charge is -2.28. The SMILES string of the molecule is CC[C@H](C)[C@H](NC(=O)[C@H](Cc1c[nH]c2ccccc12)NC(=O)[C@H](Cc1ccc(O)cc1)NC(=O)[C@@H](N)CC(=O)O)C(=O)N[C@@H](CCC(=O)O)C(=O)O. The zero-order valence-electron chi connectivity index (χ0n) is 28.6. The molecular formula is C35H44N6O11. The normalized spacial score (nSPS) is 14.5. The van der Waals surface area contributed by atoms with Crippen molar-refractivity contribution in [1.29, 1.82) is 0 Å². The zero-order valence-corrected chi connectivity index (χ0v) is 28.6. The van der Waals surface area contributed by atoms with E-state index in [1.165, 1.54) is 24.3 Å². The lowest BCUT2D eigenvalue weighted by Crippen LogP contribution is -2.60. The fourth-order valence-corrected chi connectivity index (χ4v) is 5.38. The van der Waals surface area contributed by atoms with Gasteiger partial charge in [0.2, 0.25) is 23.6 Å². The van der Waals surface area contributed by atoms with Gasteiger partial charge in [-0.3, -0.25) is 28.8 Å². The molecule has 3 rings (SSSR count). The summed E-state index contributed by atoms with van der Waals surface area (Å²) in [4.78, 5) is 91.5. The van der Waals surface area contributed by atoms with Gasteiger partial charge in [-0.05, 0) is 41.7 Å². The molecule has 280 valence electrons. The molecule has 0 saturated heterocycles. The van der Waals surface area contributed by atoms with Crippen molar-refractivity contribution in [3.63, 3.8) is 0 Å². The molecule has 1 heterocycles. The largest absolute Gasteiger partial charge is 0.508 e. The average Bonchev–Trinajstić information content (AvgIpc) is 3.50. The van der Waals surface area contributed by atoms with E-state index in [1.807, 2.05) is 6.07 Å². The van der Waals surface area contributed by atoms with Gasteiger partial charge in [0.05, 0.1) is 12.5 Å². The number of nitrogens with one attached hydrogen (secondary N) is 5. The van der Waals surface area contributed by atoms with E-state index in [-0.39, 0.29) is 18.6 Å². The molecule has 0 bridgehead atoms. The Morgan fingerprint density at radius 3 is 1.96 bits per heavy atom. The molecule has 0 spiro atoms. The third-order valence-corrected chi connectivity index (χ3v) is 8.53. The molecule has 1 aromatic heterocycles. The molecule has 17 heteroatoms. The van der Waals surface area contributed by atoms with Crippen molar-refractivity contribution in [2.24, 2.45) is 11.7 Å². The van der Waals surface area contributed by atoms with Crippen molar-refractivity contribution in [3.8, 4) is 5.75 Å². The number of H-pyrrole nitrogens is 1. The minimum Gasteiger partial charge on any atom is -0.508 e. The summed E-state index contributed by atoms with van der Waals surface area (Å²) in [6, 6.07) is 5.83. The molecule has 2 aromatic carbocycles. The van der Waals surface area contributed by atoms with Gasteiger partial charge in [0.1, 0.15) is 29.9 Å². The number of aromatic hydroxyl groups is 1. The van der Waals surface area contributed by atoms with Crippen molar-refractivity contribution >= 4 is 52.4 Å². The number of carbonyl (C=O) groups is 7. The van der Waals surface area contributed by atoms with Crippen molar-refractivity contribution in [3.05, 3.63) is 65.9 Å². The topological polar surface area (TPSA) is 290 Å². The third-order valence-electron chi connectivity index (χ3n) is 8.53. The first-order chi connectivity index (χ1) is 24.6. The summed E-state index contributed by atoms with van der Waals surface area (Å²) in [6.07, 6.45) is 0.108. The van der Waals surface area contributed by atoms with E-state index in [0.717, 1.165) is 10.9 Å². The second kappa shape index (κ2) is 18.9. The fourth-order valence-electron chi connectivity index (χ4n) is 5.38. The number of carboxylic acids is 3. The van der Waals surface area contributed by atoms with Gasteiger partial charge in [0.15, 0.2) is 0 Å². The number of hydrogen-bond acceptors (Lipinski definition) is 9. The zero-order chi connectivity index (χ0) is 38.5. The number of aliphatic carboxylic acids is 3. The van der Waals surface area contributed by atoms with E-state index in [1.54, 1.807) is 38.2 Å². The van der Waals surface area contributed by atoms with E-state index in [2.05, 4.69) is 26.3 Å². The van der Waals surface area contributed by atoms with Crippen LogP contribution in [0, 0.1) is 5.92 Å². The molecule has 6 atom stereocenters. The number of hydrogen-bond donors (Lipinski definition) is 10. The first-order valence-electron chi connectivity index (χ1n) is 16.6. The van der Waals surface area contributed by atoms with Crippen LogP contribution in [0.3, 0.4) is 0 Å². The minimum atomic E-state index is -1.55. The Morgan fingerprint density at radius 2 is 1.35 bits per heavy atom. The molecule has 17 nitrogen and oxygen atoms in total. The maximum atomic E-state index is 14.1. The van der Waals surface area contributed by atoms with E-state index >= 15 is 0 Å². The third kappa shape index (κ3) is 11.8. The molecule has 0 radical (unpaired) electrons. The number of benzene rings is 2. The van der Waals surface area contributed by atoms with Crippen molar-refractivity contribution in [1.82, 2.24) is 26.3 Å². The van der Waals surface area contributed by atoms with Crippen molar-refractivity contribution in [2.45, 2.75) is 82.6 Å². The van der Waals surface area contributed by atoms with Crippen LogP contribution < -0.4 is 27.0 Å². The first-order valence-corrected chi connectivity index (χ1v) is 16.6. The lowest BCUT2D eigenvalue weighted by atomic mass is 9.96. The van der Waals surface area contributed by atoms with Crippen LogP contribution in [0.5, 0.6) is 5.75 Å². The molecule has 4 amide bonds. The number of para-hydroxylation sites is 1. The van der Waals surface area contributed by atoms with Crippen LogP contribution in [-0.4, -0.2) is 97.2 Å². The van der Waals surface area contributed by atoms with Gasteiger partial charge in [-0.25, -0.2) is 4.79 Å². The summed E-state index contributed by atoms with van der Waals surface area (Å²) in [5.74, 6) is -8.14. The summed E-state index contributed by atoms with van der Waals surface area (Å²) < 4.78 is 0. The van der Waals surface area contributed by atoms with Crippen LogP contribution in [0.25, 0.3) is 10.9 Å². The molecule has 0 aliphatic rings. The van der Waals surface area contributed by atoms with Crippen LogP contribution >= 0.6 is 0 Å². The monoisotopic (exact) mass is 724 g/mol. The molecule has 0 unspecified atom stereocenters. The van der Waals surface area contributed by atoms with Gasteiger partial charge in [-0.2, -0.15) is 0 Å². The number of carbonyl (C=O) groups excluding carboxylic acids is 4. The highest BCUT2D eigenvalue weighted by atomic mass is 16.4. The van der Waals surface area contributed by atoms with Gasteiger partial charge in [-0.15, -0.1) is 0 Å². The number of aromatic nitrogens is 1. The quantitative estimate of drug-likeness (QED) is 0.0758. The number of amides is 4. The minimum absolute atomic E-state index is 0.0517. The Bertz CT molecular complexity index is 1760. The highest BCUT2D eigenvalue weighted by molar-refractivity contribution is 5.96. The molecule has 0 aliphatic heterocycles. The highest BCUT2D eigenvalue weighted by Crippen LogP contribution is 2.20. The first kappa shape index (κ1) is 40.5. The smallest absolute Gasteiger partial charge is 0.326 e. The standard InChI is InChI=1S/C35H44N6O11/c1-3-18(2)30(34(50)38-25(35(51)52)12-13-28(43)44)41-33(49)27(15-20-17-37-24-7-5-4-6-22(20)24)40-32(48)26(14-19-8-10-21(42)11-9-19)39-31(47)23(36)16-29(45)46/h4-11,17-18,23,25-27,30,37,42H,3,12-16,36H2,1-2H3,(H,38,50)(H,39,47)(H,40,48)(H,41,49)(H,43,44)(H,45,46)(H,51,52)/t18-,23-,25-,26-,27-,30-/m0/s1. The predicted octanol–water partition coefficient (Wildman–Crippen LogP) is 0.395. The summed E-state index contributed by atoms with van der Waals surface area (Å²) in [7, 11) is 0. The second-order valence-corrected chi connectivity index (χ2v) is 12.5. The maximum Gasteiger partial charge on any atom is 0.326 e. The number of aromatic amines is 1. The predicted molar refractivity (Wildman–Crippen MR) is 186 cm³/mol. The summed E-state index contributed by atoms with van der Waals surface area (Å²) in [5.41, 5.74) is 7.60. The molecule has 0 fully saturated rings. The van der Waals surface area contributed by atoms with Gasteiger partial charge in [0.25, 0.3) is 0 Å². The van der Waals surface area contributed by atoms with Crippen LogP contribution in [0.15, 0.2) is 54.7 Å². The number of carboxylic acid groups (broad SMARTS) is 3. The van der Waals surface area contributed by atoms with Crippen LogP contribution in [0.4, 0.5) is 0 Å². The van der Waals surface area contributed by atoms with Crippen molar-refractivity contribution in [2.75, 3.05) is 0 Å². The number of rotatable bonds is 20. The highest BCUT2D eigenvalue weighted by Gasteiger charge is 2.34. The molecule has 3 aromatic rings. The van der Waals surface area contributed by atoms with Crippen LogP contribution in [-0.2, 0) is 46.4 Å². The molecule has 0 saturated carbocycles. The van der Waals surface area contributed by atoms with Gasteiger partial charge >= 0.3 is 17.9 Å². The van der Waals surface area contributed by atoms with Gasteiger partial charge in [0, 0.05) is 36.4 Å². The summed E-state index contributed by atoms with van der Waals surface area (Å²) in [6.45, 7) is 3.39. The lowest BCUT2D eigenvalue weighted by molar-refractivity contribution is -0.144. The molecule has 52 heavy (non-hydrogen) atoms.